The SMILES string of the molecule is Cc1ccc(CC(O)[C@@H](O)[C@](O)(Cc2ccc(C)c(C)c2)[C@H](O)[C@@H](O)CO)cc1C. The van der Waals surface area contributed by atoms with E-state index >= 15 is 0 Å². The first-order valence-electron chi connectivity index (χ1n) is 10.2. The van der Waals surface area contributed by atoms with Crippen LogP contribution in [-0.4, -0.2) is 67.3 Å². The van der Waals surface area contributed by atoms with Crippen LogP contribution in [0.4, 0.5) is 0 Å². The van der Waals surface area contributed by atoms with E-state index in [-0.39, 0.29) is 12.8 Å². The summed E-state index contributed by atoms with van der Waals surface area (Å²) in [6.07, 6.45) is -6.86. The topological polar surface area (TPSA) is 121 Å². The molecule has 2 aromatic rings. The number of rotatable bonds is 9. The number of benzene rings is 2. The van der Waals surface area contributed by atoms with Crippen molar-refractivity contribution in [3.8, 4) is 0 Å². The molecule has 0 aliphatic heterocycles. The van der Waals surface area contributed by atoms with E-state index in [4.69, 9.17) is 0 Å². The Balaban J connectivity index is 2.33. The Bertz CT molecular complexity index is 852. The van der Waals surface area contributed by atoms with Gasteiger partial charge >= 0.3 is 0 Å². The van der Waals surface area contributed by atoms with Crippen molar-refractivity contribution in [1.82, 2.24) is 0 Å². The van der Waals surface area contributed by atoms with Crippen LogP contribution in [-0.2, 0) is 12.8 Å². The van der Waals surface area contributed by atoms with Gasteiger partial charge in [0.1, 0.15) is 23.9 Å². The van der Waals surface area contributed by atoms with E-state index in [9.17, 15) is 30.6 Å². The lowest BCUT2D eigenvalue weighted by Gasteiger charge is -2.41. The monoisotopic (exact) mass is 418 g/mol. The van der Waals surface area contributed by atoms with Gasteiger partial charge in [-0.2, -0.15) is 0 Å². The molecule has 1 unspecified atom stereocenters. The van der Waals surface area contributed by atoms with Crippen molar-refractivity contribution in [2.45, 2.75) is 70.6 Å². The van der Waals surface area contributed by atoms with Gasteiger partial charge < -0.3 is 30.6 Å². The van der Waals surface area contributed by atoms with E-state index in [1.807, 2.05) is 58.0 Å². The standard InChI is InChI=1S/C24H34O6/c1-14-5-7-18(9-16(14)3)11-20(26)22(28)24(30,23(29)21(27)13-25)12-19-8-6-15(2)17(4)10-19/h5-10,20-23,25-30H,11-13H2,1-4H3/t20?,21-,22+,23+,24+/m0/s1. The lowest BCUT2D eigenvalue weighted by Crippen LogP contribution is -2.62. The van der Waals surface area contributed by atoms with Crippen molar-refractivity contribution < 1.29 is 30.6 Å². The van der Waals surface area contributed by atoms with E-state index < -0.39 is 36.6 Å². The fourth-order valence-electron chi connectivity index (χ4n) is 3.67. The highest BCUT2D eigenvalue weighted by molar-refractivity contribution is 5.32. The molecule has 6 nitrogen and oxygen atoms in total. The molecule has 2 rings (SSSR count). The summed E-state index contributed by atoms with van der Waals surface area (Å²) in [4.78, 5) is 0. The summed E-state index contributed by atoms with van der Waals surface area (Å²) in [7, 11) is 0. The summed E-state index contributed by atoms with van der Waals surface area (Å²) in [6.45, 7) is 6.97. The van der Waals surface area contributed by atoms with E-state index in [1.165, 1.54) is 0 Å². The second-order valence-electron chi connectivity index (χ2n) is 8.42. The van der Waals surface area contributed by atoms with Crippen LogP contribution < -0.4 is 0 Å². The first-order chi connectivity index (χ1) is 14.0. The van der Waals surface area contributed by atoms with Crippen molar-refractivity contribution in [3.63, 3.8) is 0 Å². The second kappa shape index (κ2) is 10.0. The second-order valence-corrected chi connectivity index (χ2v) is 8.42. The normalized spacial score (nSPS) is 17.8. The quantitative estimate of drug-likeness (QED) is 0.359. The summed E-state index contributed by atoms with van der Waals surface area (Å²) < 4.78 is 0. The lowest BCUT2D eigenvalue weighted by atomic mass is 9.78. The van der Waals surface area contributed by atoms with Gasteiger partial charge in [0, 0.05) is 12.8 Å². The molecule has 30 heavy (non-hydrogen) atoms. The number of hydrogen-bond acceptors (Lipinski definition) is 6. The molecule has 0 heterocycles. The van der Waals surface area contributed by atoms with Crippen LogP contribution in [0.3, 0.4) is 0 Å². The molecule has 0 bridgehead atoms. The number of aryl methyl sites for hydroxylation is 4. The first-order valence-corrected chi connectivity index (χ1v) is 10.2. The molecule has 0 amide bonds. The Hall–Kier alpha value is -1.80. The predicted molar refractivity (Wildman–Crippen MR) is 115 cm³/mol. The van der Waals surface area contributed by atoms with Crippen LogP contribution in [0.25, 0.3) is 0 Å². The molecule has 0 saturated heterocycles. The third-order valence-electron chi connectivity index (χ3n) is 6.02. The zero-order chi connectivity index (χ0) is 22.6. The largest absolute Gasteiger partial charge is 0.394 e. The van der Waals surface area contributed by atoms with Crippen LogP contribution in [0.2, 0.25) is 0 Å². The molecule has 0 fully saturated rings. The lowest BCUT2D eigenvalue weighted by molar-refractivity contribution is -0.203. The van der Waals surface area contributed by atoms with Crippen molar-refractivity contribution >= 4 is 0 Å². The van der Waals surface area contributed by atoms with Gasteiger partial charge in [0.15, 0.2) is 0 Å². The number of aliphatic hydroxyl groups excluding tert-OH is 5. The molecule has 0 aliphatic carbocycles. The summed E-state index contributed by atoms with van der Waals surface area (Å²) in [5.74, 6) is 0. The van der Waals surface area contributed by atoms with Gasteiger partial charge in [-0.25, -0.2) is 0 Å². The third kappa shape index (κ3) is 5.46. The molecule has 0 aliphatic rings. The third-order valence-corrected chi connectivity index (χ3v) is 6.02. The summed E-state index contributed by atoms with van der Waals surface area (Å²) in [6, 6.07) is 11.1. The minimum absolute atomic E-state index is 0.0550. The van der Waals surface area contributed by atoms with Gasteiger partial charge in [-0.05, 0) is 61.1 Å². The highest BCUT2D eigenvalue weighted by Crippen LogP contribution is 2.28. The smallest absolute Gasteiger partial charge is 0.125 e. The van der Waals surface area contributed by atoms with E-state index in [2.05, 4.69) is 0 Å². The molecule has 0 aromatic heterocycles. The van der Waals surface area contributed by atoms with Crippen LogP contribution >= 0.6 is 0 Å². The van der Waals surface area contributed by atoms with Crippen LogP contribution in [0, 0.1) is 27.7 Å². The van der Waals surface area contributed by atoms with E-state index in [1.54, 1.807) is 6.07 Å². The molecule has 6 heteroatoms. The Morgan fingerprint density at radius 1 is 0.700 bits per heavy atom. The van der Waals surface area contributed by atoms with Crippen molar-refractivity contribution in [2.24, 2.45) is 0 Å². The van der Waals surface area contributed by atoms with Gasteiger partial charge in [0.25, 0.3) is 0 Å². The first kappa shape index (κ1) is 24.5. The molecular weight excluding hydrogens is 384 g/mol. The Kier molecular flexibility index (Phi) is 8.16. The molecule has 6 N–H and O–H groups in total. The molecule has 166 valence electrons. The predicted octanol–water partition coefficient (Wildman–Crippen LogP) is 0.872. The zero-order valence-electron chi connectivity index (χ0n) is 18.1. The maximum absolute atomic E-state index is 11.3. The van der Waals surface area contributed by atoms with Gasteiger partial charge in [0.2, 0.25) is 0 Å². The maximum Gasteiger partial charge on any atom is 0.125 e. The maximum atomic E-state index is 11.3. The van der Waals surface area contributed by atoms with Gasteiger partial charge in [0.05, 0.1) is 12.7 Å². The highest BCUT2D eigenvalue weighted by atomic mass is 16.4. The Labute approximate surface area is 178 Å². The Morgan fingerprint density at radius 3 is 1.67 bits per heavy atom. The van der Waals surface area contributed by atoms with E-state index in [0.29, 0.717) is 5.56 Å². The van der Waals surface area contributed by atoms with Crippen LogP contribution in [0.1, 0.15) is 33.4 Å². The van der Waals surface area contributed by atoms with E-state index in [0.717, 1.165) is 27.8 Å². The summed E-state index contributed by atoms with van der Waals surface area (Å²) in [5.41, 5.74) is 3.28. The van der Waals surface area contributed by atoms with Crippen molar-refractivity contribution in [3.05, 3.63) is 69.8 Å². The highest BCUT2D eigenvalue weighted by Gasteiger charge is 2.48. The van der Waals surface area contributed by atoms with Crippen molar-refractivity contribution in [2.75, 3.05) is 6.61 Å². The fraction of sp³-hybridized carbons (Fsp3) is 0.500. The summed E-state index contributed by atoms with van der Waals surface area (Å²) in [5, 5.41) is 62.6. The van der Waals surface area contributed by atoms with Gasteiger partial charge in [-0.1, -0.05) is 36.4 Å². The zero-order valence-corrected chi connectivity index (χ0v) is 18.1. The average molecular weight is 419 g/mol. The molecule has 2 aromatic carbocycles. The molecule has 0 spiro atoms. The van der Waals surface area contributed by atoms with Gasteiger partial charge in [-0.3, -0.25) is 0 Å². The summed E-state index contributed by atoms with van der Waals surface area (Å²) >= 11 is 0. The fourth-order valence-corrected chi connectivity index (χ4v) is 3.67. The minimum Gasteiger partial charge on any atom is -0.394 e. The molecule has 0 radical (unpaired) electrons. The van der Waals surface area contributed by atoms with Gasteiger partial charge in [-0.15, -0.1) is 0 Å². The Morgan fingerprint density at radius 2 is 1.17 bits per heavy atom. The number of aliphatic hydroxyl groups is 6. The minimum atomic E-state index is -2.27. The molecule has 5 atom stereocenters. The molecule has 0 saturated carbocycles. The van der Waals surface area contributed by atoms with Crippen LogP contribution in [0.5, 0.6) is 0 Å². The number of hydrogen-bond donors (Lipinski definition) is 6. The molecular formula is C24H34O6. The van der Waals surface area contributed by atoms with Crippen LogP contribution in [0.15, 0.2) is 36.4 Å². The van der Waals surface area contributed by atoms with Crippen molar-refractivity contribution in [1.29, 1.82) is 0 Å². The average Bonchev–Trinajstić information content (AvgIpc) is 2.71.